The van der Waals surface area contributed by atoms with E-state index in [2.05, 4.69) is 10.5 Å². The summed E-state index contributed by atoms with van der Waals surface area (Å²) in [5.74, 6) is -0.925. The van der Waals surface area contributed by atoms with Crippen LogP contribution in [0.5, 0.6) is 0 Å². The molecule has 2 rings (SSSR count). The van der Waals surface area contributed by atoms with E-state index < -0.39 is 17.1 Å². The molecule has 1 unspecified atom stereocenters. The van der Waals surface area contributed by atoms with E-state index in [-0.39, 0.29) is 18.3 Å². The molecule has 1 heterocycles. The normalized spacial score (nSPS) is 11.7. The number of carboxylic acids is 1. The van der Waals surface area contributed by atoms with Crippen LogP contribution in [0.25, 0.3) is 0 Å². The summed E-state index contributed by atoms with van der Waals surface area (Å²) in [4.78, 5) is 37.6. The minimum atomic E-state index is -0.965. The maximum absolute atomic E-state index is 12.7. The molecule has 0 saturated carbocycles. The smallest absolute Gasteiger partial charge is 0.316 e. The highest BCUT2D eigenvalue weighted by Crippen LogP contribution is 2.27. The number of thioether (sulfide) groups is 1. The van der Waals surface area contributed by atoms with E-state index >= 15 is 0 Å². The summed E-state index contributed by atoms with van der Waals surface area (Å²) in [5, 5.41) is 14.6. The Labute approximate surface area is 154 Å². The topological polar surface area (TPSA) is 113 Å². The average Bonchev–Trinajstić information content (AvgIpc) is 2.99. The number of aliphatic carboxylic acids is 1. The molecular weight excluding hydrogens is 358 g/mol. The number of carbonyl (C=O) groups excluding carboxylic acids is 2. The fourth-order valence-electron chi connectivity index (χ4n) is 2.09. The summed E-state index contributed by atoms with van der Waals surface area (Å²) in [6.45, 7) is 3.06. The number of nitrogens with zero attached hydrogens (tertiary/aromatic N) is 2. The largest absolute Gasteiger partial charge is 0.480 e. The van der Waals surface area contributed by atoms with Gasteiger partial charge in [-0.05, 0) is 26.0 Å². The minimum absolute atomic E-state index is 0.182. The number of hydrogen-bond acceptors (Lipinski definition) is 6. The van der Waals surface area contributed by atoms with Gasteiger partial charge in [0, 0.05) is 18.0 Å². The molecule has 0 bridgehead atoms. The van der Waals surface area contributed by atoms with E-state index in [9.17, 15) is 14.4 Å². The third kappa shape index (κ3) is 5.09. The van der Waals surface area contributed by atoms with Crippen molar-refractivity contribution in [3.63, 3.8) is 0 Å². The van der Waals surface area contributed by atoms with Crippen molar-refractivity contribution in [1.82, 2.24) is 10.1 Å². The molecular formula is C17H19N3O5S. The zero-order valence-corrected chi connectivity index (χ0v) is 15.4. The molecule has 0 fully saturated rings. The van der Waals surface area contributed by atoms with Gasteiger partial charge in [0.2, 0.25) is 5.91 Å². The van der Waals surface area contributed by atoms with Crippen molar-refractivity contribution in [2.75, 3.05) is 18.9 Å². The van der Waals surface area contributed by atoms with E-state index in [1.54, 1.807) is 44.2 Å². The predicted octanol–water partition coefficient (Wildman–Crippen LogP) is 2.26. The molecule has 8 nitrogen and oxygen atoms in total. The third-order valence-electron chi connectivity index (χ3n) is 3.39. The highest BCUT2D eigenvalue weighted by molar-refractivity contribution is 8.00. The van der Waals surface area contributed by atoms with E-state index in [0.29, 0.717) is 16.2 Å². The van der Waals surface area contributed by atoms with Crippen LogP contribution in [0.1, 0.15) is 23.0 Å². The van der Waals surface area contributed by atoms with E-state index in [4.69, 9.17) is 9.63 Å². The van der Waals surface area contributed by atoms with Crippen LogP contribution < -0.4 is 5.32 Å². The number of rotatable bonds is 7. The Balaban J connectivity index is 2.05. The number of likely N-dealkylation sites (N-methyl/N-ethyl adjacent to an activating group) is 1. The van der Waals surface area contributed by atoms with Gasteiger partial charge in [0.25, 0.3) is 5.91 Å². The summed E-state index contributed by atoms with van der Waals surface area (Å²) in [7, 11) is 1.50. The van der Waals surface area contributed by atoms with Crippen LogP contribution in [0.3, 0.4) is 0 Å². The first-order chi connectivity index (χ1) is 12.3. The van der Waals surface area contributed by atoms with E-state index in [0.717, 1.165) is 11.8 Å². The first-order valence-electron chi connectivity index (χ1n) is 7.75. The molecule has 0 saturated heterocycles. The SMILES string of the molecule is Cc1cc(NC(=O)CN(C)C(=O)c2ccccc2SC(C)C(=O)O)no1. The Bertz CT molecular complexity index is 820. The maximum Gasteiger partial charge on any atom is 0.316 e. The van der Waals surface area contributed by atoms with Gasteiger partial charge in [0.15, 0.2) is 5.82 Å². The van der Waals surface area contributed by atoms with Gasteiger partial charge in [0.1, 0.15) is 11.0 Å². The van der Waals surface area contributed by atoms with Gasteiger partial charge in [-0.1, -0.05) is 17.3 Å². The lowest BCUT2D eigenvalue weighted by molar-refractivity contribution is -0.136. The standard InChI is InChI=1S/C17H19N3O5S/c1-10-8-14(19-25-10)18-15(21)9-20(3)16(22)12-6-4-5-7-13(12)26-11(2)17(23)24/h4-8,11H,9H2,1-3H3,(H,23,24)(H,18,19,21). The van der Waals surface area contributed by atoms with Crippen LogP contribution in [0.2, 0.25) is 0 Å². The Morgan fingerprint density at radius 3 is 2.65 bits per heavy atom. The molecule has 0 aliphatic carbocycles. The van der Waals surface area contributed by atoms with Crippen molar-refractivity contribution >= 4 is 35.4 Å². The number of aromatic nitrogens is 1. The first-order valence-corrected chi connectivity index (χ1v) is 8.63. The summed E-state index contributed by atoms with van der Waals surface area (Å²) in [6, 6.07) is 8.28. The molecule has 0 radical (unpaired) electrons. The Morgan fingerprint density at radius 2 is 2.04 bits per heavy atom. The van der Waals surface area contributed by atoms with Crippen molar-refractivity contribution in [2.24, 2.45) is 0 Å². The van der Waals surface area contributed by atoms with E-state index in [1.165, 1.54) is 11.9 Å². The lowest BCUT2D eigenvalue weighted by atomic mass is 10.2. The molecule has 2 amide bonds. The van der Waals surface area contributed by atoms with Crippen LogP contribution in [-0.2, 0) is 9.59 Å². The number of amides is 2. The Morgan fingerprint density at radius 1 is 1.35 bits per heavy atom. The monoisotopic (exact) mass is 377 g/mol. The molecule has 1 atom stereocenters. The second-order valence-electron chi connectivity index (χ2n) is 5.63. The molecule has 2 aromatic rings. The van der Waals surface area contributed by atoms with Crippen LogP contribution >= 0.6 is 11.8 Å². The predicted molar refractivity (Wildman–Crippen MR) is 96.2 cm³/mol. The number of nitrogens with one attached hydrogen (secondary N) is 1. The number of carbonyl (C=O) groups is 3. The number of carboxylic acid groups (broad SMARTS) is 1. The van der Waals surface area contributed by atoms with Crippen molar-refractivity contribution in [3.05, 3.63) is 41.7 Å². The van der Waals surface area contributed by atoms with Crippen molar-refractivity contribution < 1.29 is 24.0 Å². The fraction of sp³-hybridized carbons (Fsp3) is 0.294. The van der Waals surface area contributed by atoms with Gasteiger partial charge in [0.05, 0.1) is 12.1 Å². The number of benzene rings is 1. The zero-order valence-electron chi connectivity index (χ0n) is 14.6. The number of hydrogen-bond donors (Lipinski definition) is 2. The van der Waals surface area contributed by atoms with E-state index in [1.807, 2.05) is 0 Å². The Kier molecular flexibility index (Phi) is 6.40. The quantitative estimate of drug-likeness (QED) is 0.712. The lowest BCUT2D eigenvalue weighted by Gasteiger charge is -2.18. The third-order valence-corrected chi connectivity index (χ3v) is 4.56. The molecule has 138 valence electrons. The van der Waals surface area contributed by atoms with Gasteiger partial charge < -0.3 is 19.8 Å². The molecule has 1 aromatic carbocycles. The lowest BCUT2D eigenvalue weighted by Crippen LogP contribution is -2.35. The maximum atomic E-state index is 12.7. The zero-order chi connectivity index (χ0) is 19.3. The number of aryl methyl sites for hydroxylation is 1. The van der Waals surface area contributed by atoms with Crippen molar-refractivity contribution in [2.45, 2.75) is 24.0 Å². The van der Waals surface area contributed by atoms with Crippen LogP contribution in [0.4, 0.5) is 5.82 Å². The van der Waals surface area contributed by atoms with Crippen LogP contribution in [-0.4, -0.2) is 51.8 Å². The summed E-state index contributed by atoms with van der Waals surface area (Å²) >= 11 is 1.08. The highest BCUT2D eigenvalue weighted by Gasteiger charge is 2.21. The summed E-state index contributed by atoms with van der Waals surface area (Å²) < 4.78 is 4.86. The molecule has 26 heavy (non-hydrogen) atoms. The molecule has 0 spiro atoms. The van der Waals surface area contributed by atoms with Crippen LogP contribution in [0.15, 0.2) is 39.8 Å². The minimum Gasteiger partial charge on any atom is -0.480 e. The van der Waals surface area contributed by atoms with Crippen molar-refractivity contribution in [3.8, 4) is 0 Å². The summed E-state index contributed by atoms with van der Waals surface area (Å²) in [5.41, 5.74) is 0.346. The van der Waals surface area contributed by atoms with Crippen LogP contribution in [0, 0.1) is 6.92 Å². The van der Waals surface area contributed by atoms with Gasteiger partial charge in [-0.15, -0.1) is 11.8 Å². The Hall–Kier alpha value is -2.81. The van der Waals surface area contributed by atoms with Gasteiger partial charge in [-0.25, -0.2) is 0 Å². The number of anilines is 1. The highest BCUT2D eigenvalue weighted by atomic mass is 32.2. The van der Waals surface area contributed by atoms with Crippen molar-refractivity contribution in [1.29, 1.82) is 0 Å². The molecule has 2 N–H and O–H groups in total. The first kappa shape index (κ1) is 19.5. The van der Waals surface area contributed by atoms with Gasteiger partial charge in [-0.2, -0.15) is 0 Å². The molecule has 1 aromatic heterocycles. The fourth-order valence-corrected chi connectivity index (χ4v) is 3.01. The van der Waals surface area contributed by atoms with Gasteiger partial charge >= 0.3 is 5.97 Å². The molecule has 9 heteroatoms. The van der Waals surface area contributed by atoms with Gasteiger partial charge in [-0.3, -0.25) is 14.4 Å². The molecule has 0 aliphatic rings. The average molecular weight is 377 g/mol. The second-order valence-corrected chi connectivity index (χ2v) is 7.01. The summed E-state index contributed by atoms with van der Waals surface area (Å²) in [6.07, 6.45) is 0. The second kappa shape index (κ2) is 8.52. The molecule has 0 aliphatic heterocycles.